The smallest absolute Gasteiger partial charge is 0.221 e. The predicted molar refractivity (Wildman–Crippen MR) is 411 cm³/mol. The van der Waals surface area contributed by atoms with E-state index in [-0.39, 0.29) is 0 Å². The summed E-state index contributed by atoms with van der Waals surface area (Å²) in [5.41, 5.74) is 22.6. The second kappa shape index (κ2) is 20.9. The molecule has 0 saturated heterocycles. The molecular weight excluding hydrogens is 1230 g/mol. The molecule has 0 spiro atoms. The lowest BCUT2D eigenvalue weighted by Gasteiger charge is -2.15. The third kappa shape index (κ3) is 7.89. The van der Waals surface area contributed by atoms with E-state index >= 15 is 0 Å². The molecule has 23 rings (SSSR count). The summed E-state index contributed by atoms with van der Waals surface area (Å²) >= 11 is 0. The SMILES string of the molecule is c1ccc(-c2ccc3oc4ccc(-c5cc6c7ccccc7n(-c7nc8ccccc8c8nc9ccccc9n78)c6c6ccccc56)cc4c3c2)cc1.c1ccc2c(c1)nc(-n1c3ccccc3c3cc(-c4ccc5oc6ccccc6c5c4)c4ccccc4c31)n1c3ccccc3nc21. The Balaban J connectivity index is 0.000000128. The number of furan rings is 2. The molecule has 0 radical (unpaired) electrons. The first-order valence-electron chi connectivity index (χ1n) is 33.8. The van der Waals surface area contributed by atoms with Crippen molar-refractivity contribution in [3.63, 3.8) is 0 Å². The Bertz CT molecular complexity index is 7430. The molecule has 0 N–H and O–H groups in total. The van der Waals surface area contributed by atoms with Crippen LogP contribution in [0.3, 0.4) is 0 Å². The summed E-state index contributed by atoms with van der Waals surface area (Å²) in [6.07, 6.45) is 0. The molecule has 0 aliphatic carbocycles. The number of aromatic nitrogens is 8. The maximum atomic E-state index is 6.37. The normalized spacial score (nSPS) is 12.2. The van der Waals surface area contributed by atoms with Gasteiger partial charge in [0.2, 0.25) is 11.9 Å². The van der Waals surface area contributed by atoms with Crippen LogP contribution in [0.5, 0.6) is 0 Å². The molecule has 0 atom stereocenters. The van der Waals surface area contributed by atoms with Crippen LogP contribution in [0.25, 0.3) is 209 Å². The highest BCUT2D eigenvalue weighted by Gasteiger charge is 2.26. The highest BCUT2D eigenvalue weighted by atomic mass is 16.3. The number of hydrogen-bond donors (Lipinski definition) is 0. The summed E-state index contributed by atoms with van der Waals surface area (Å²) < 4.78 is 21.7. The van der Waals surface area contributed by atoms with Crippen LogP contribution < -0.4 is 0 Å². The van der Waals surface area contributed by atoms with Crippen LogP contribution >= 0.6 is 0 Å². The van der Waals surface area contributed by atoms with Crippen molar-refractivity contribution in [3.05, 3.63) is 315 Å². The zero-order valence-corrected chi connectivity index (χ0v) is 53.4. The van der Waals surface area contributed by atoms with E-state index < -0.39 is 0 Å². The van der Waals surface area contributed by atoms with Gasteiger partial charge in [-0.1, -0.05) is 200 Å². The zero-order chi connectivity index (χ0) is 65.3. The number of benzene rings is 15. The van der Waals surface area contributed by atoms with E-state index in [1.807, 2.05) is 36.4 Å². The van der Waals surface area contributed by atoms with Gasteiger partial charge in [-0.25, -0.2) is 19.9 Å². The molecule has 15 aromatic carbocycles. The number of para-hydroxylation sites is 9. The van der Waals surface area contributed by atoms with E-state index in [0.29, 0.717) is 0 Å². The minimum Gasteiger partial charge on any atom is -0.456 e. The highest BCUT2D eigenvalue weighted by Crippen LogP contribution is 2.46. The molecule has 0 saturated carbocycles. The first-order chi connectivity index (χ1) is 49.6. The second-order valence-corrected chi connectivity index (χ2v) is 26.0. The Morgan fingerprint density at radius 2 is 0.560 bits per heavy atom. The predicted octanol–water partition coefficient (Wildman–Crippen LogP) is 23.4. The number of fused-ring (bicyclic) bond motifs is 26. The van der Waals surface area contributed by atoms with Gasteiger partial charge in [-0.3, -0.25) is 17.9 Å². The Morgan fingerprint density at radius 3 is 1.05 bits per heavy atom. The van der Waals surface area contributed by atoms with Crippen LogP contribution in [0.4, 0.5) is 0 Å². The van der Waals surface area contributed by atoms with Crippen LogP contribution in [0.2, 0.25) is 0 Å². The average Bonchev–Trinajstić information content (AvgIpc) is 1.54. The Morgan fingerprint density at radius 1 is 0.210 bits per heavy atom. The summed E-state index contributed by atoms with van der Waals surface area (Å²) in [4.78, 5) is 21.1. The number of imidazole rings is 2. The van der Waals surface area contributed by atoms with E-state index in [0.717, 1.165) is 150 Å². The molecule has 10 nitrogen and oxygen atoms in total. The van der Waals surface area contributed by atoms with E-state index in [1.165, 1.54) is 60.0 Å². The first kappa shape index (κ1) is 54.5. The lowest BCUT2D eigenvalue weighted by molar-refractivity contribution is 0.668. The highest BCUT2D eigenvalue weighted by molar-refractivity contribution is 6.24. The summed E-state index contributed by atoms with van der Waals surface area (Å²) in [6.45, 7) is 0. The molecule has 0 amide bonds. The monoisotopic (exact) mass is 1280 g/mol. The van der Waals surface area contributed by atoms with Crippen molar-refractivity contribution in [3.8, 4) is 45.3 Å². The number of hydrogen-bond acceptors (Lipinski definition) is 6. The van der Waals surface area contributed by atoms with Crippen molar-refractivity contribution >= 4 is 164 Å². The quantitative estimate of drug-likeness (QED) is 0.170. The molecule has 100 heavy (non-hydrogen) atoms. The molecule has 0 aliphatic rings. The third-order valence-corrected chi connectivity index (χ3v) is 20.6. The fraction of sp³-hybridized carbons (Fsp3) is 0. The van der Waals surface area contributed by atoms with Crippen molar-refractivity contribution < 1.29 is 8.83 Å². The Hall–Kier alpha value is -13.7. The van der Waals surface area contributed by atoms with Gasteiger partial charge in [0.1, 0.15) is 33.6 Å². The lowest BCUT2D eigenvalue weighted by Crippen LogP contribution is -2.06. The molecule has 8 aromatic heterocycles. The van der Waals surface area contributed by atoms with Crippen LogP contribution in [0.1, 0.15) is 0 Å². The molecular formula is C90H52N8O2. The molecule has 10 heteroatoms. The molecule has 0 fully saturated rings. The van der Waals surface area contributed by atoms with Crippen LogP contribution in [0, 0.1) is 0 Å². The first-order valence-corrected chi connectivity index (χ1v) is 33.8. The summed E-state index contributed by atoms with van der Waals surface area (Å²) in [7, 11) is 0. The van der Waals surface area contributed by atoms with E-state index in [2.05, 4.69) is 297 Å². The van der Waals surface area contributed by atoms with Crippen molar-refractivity contribution in [2.45, 2.75) is 0 Å². The Labute approximate surface area is 568 Å². The van der Waals surface area contributed by atoms with Crippen LogP contribution in [-0.4, -0.2) is 37.9 Å². The van der Waals surface area contributed by atoms with Gasteiger partial charge < -0.3 is 8.83 Å². The maximum absolute atomic E-state index is 6.37. The molecule has 464 valence electrons. The van der Waals surface area contributed by atoms with Gasteiger partial charge in [-0.05, 0) is 159 Å². The van der Waals surface area contributed by atoms with E-state index in [1.54, 1.807) is 0 Å². The minimum absolute atomic E-state index is 0.817. The van der Waals surface area contributed by atoms with Gasteiger partial charge in [0, 0.05) is 64.6 Å². The summed E-state index contributed by atoms with van der Waals surface area (Å²) in [6, 6.07) is 111. The largest absolute Gasteiger partial charge is 0.456 e. The number of nitrogens with zero attached hydrogens (tertiary/aromatic N) is 8. The van der Waals surface area contributed by atoms with E-state index in [9.17, 15) is 0 Å². The van der Waals surface area contributed by atoms with Crippen molar-refractivity contribution in [2.75, 3.05) is 0 Å². The average molecular weight is 1280 g/mol. The maximum Gasteiger partial charge on any atom is 0.221 e. The summed E-state index contributed by atoms with van der Waals surface area (Å²) in [5.74, 6) is 1.64. The molecule has 0 unspecified atom stereocenters. The van der Waals surface area contributed by atoms with Crippen molar-refractivity contribution in [2.24, 2.45) is 0 Å². The number of rotatable bonds is 5. The third-order valence-electron chi connectivity index (χ3n) is 20.6. The minimum atomic E-state index is 0.817. The van der Waals surface area contributed by atoms with Gasteiger partial charge >= 0.3 is 0 Å². The lowest BCUT2D eigenvalue weighted by atomic mass is 9.94. The van der Waals surface area contributed by atoms with Crippen molar-refractivity contribution in [1.29, 1.82) is 0 Å². The van der Waals surface area contributed by atoms with E-state index in [4.69, 9.17) is 28.8 Å². The van der Waals surface area contributed by atoms with Gasteiger partial charge in [0.05, 0.1) is 55.2 Å². The standard InChI is InChI=1S/C48H28N4O.C42H24N4O/c1-2-12-29(13-3-1)30-22-24-44-37(26-30)38-27-31(23-25-45(38)53-44)36-28-39-33-15-7-10-20-42(33)51(46(39)34-16-5-4-14-32(34)36)48-50-40-18-8-6-17-35(40)47-49-41-19-9-11-21-43(41)52(47)48;1-2-14-29-26(11-1)31(25-21-22-39-32(23-25)28-13-5-10-20-38(28)47-39)24-33-27-12-4-8-18-36(27)45(40(29)33)42-44-34-16-6-3-15-30(34)41-43-35-17-7-9-19-37(35)46(41)42/h1-28H;1-24H. The zero-order valence-electron chi connectivity index (χ0n) is 53.4. The second-order valence-electron chi connectivity index (χ2n) is 26.0. The van der Waals surface area contributed by atoms with Gasteiger partial charge in [0.15, 0.2) is 0 Å². The van der Waals surface area contributed by atoms with Gasteiger partial charge in [-0.2, -0.15) is 0 Å². The fourth-order valence-electron chi connectivity index (χ4n) is 16.1. The fourth-order valence-corrected chi connectivity index (χ4v) is 16.1. The molecule has 23 aromatic rings. The molecule has 8 heterocycles. The van der Waals surface area contributed by atoms with Crippen molar-refractivity contribution in [1.82, 2.24) is 37.9 Å². The Kier molecular flexibility index (Phi) is 11.4. The van der Waals surface area contributed by atoms with Crippen LogP contribution in [-0.2, 0) is 0 Å². The van der Waals surface area contributed by atoms with Gasteiger partial charge in [0.25, 0.3) is 0 Å². The molecule has 0 aliphatic heterocycles. The topological polar surface area (TPSA) is 96.5 Å². The molecule has 0 bridgehead atoms. The van der Waals surface area contributed by atoms with Gasteiger partial charge in [-0.15, -0.1) is 0 Å². The van der Waals surface area contributed by atoms with Crippen LogP contribution in [0.15, 0.2) is 324 Å². The summed E-state index contributed by atoms with van der Waals surface area (Å²) in [5, 5.41) is 15.9.